The molecule has 0 radical (unpaired) electrons. The molecule has 0 aromatic heterocycles. The van der Waals surface area contributed by atoms with Gasteiger partial charge in [-0.15, -0.1) is 0 Å². The van der Waals surface area contributed by atoms with E-state index in [1.54, 1.807) is 0 Å². The van der Waals surface area contributed by atoms with Crippen LogP contribution in [0.1, 0.15) is 58.3 Å². The first-order chi connectivity index (χ1) is 12.6. The van der Waals surface area contributed by atoms with Crippen molar-refractivity contribution < 1.29 is 18.9 Å². The van der Waals surface area contributed by atoms with Gasteiger partial charge in [0.15, 0.2) is 11.6 Å². The van der Waals surface area contributed by atoms with Gasteiger partial charge in [0.25, 0.3) is 0 Å². The largest absolute Gasteiger partial charge is 0.347 e. The Morgan fingerprint density at radius 3 is 2.31 bits per heavy atom. The Morgan fingerprint density at radius 2 is 1.58 bits per heavy atom. The molecule has 2 aliphatic heterocycles. The lowest BCUT2D eigenvalue weighted by molar-refractivity contribution is -0.270. The minimum absolute atomic E-state index is 0.131. The molecule has 5 rings (SSSR count). The molecule has 0 bridgehead atoms. The molecule has 5 fully saturated rings. The van der Waals surface area contributed by atoms with Crippen molar-refractivity contribution in [1.29, 1.82) is 5.26 Å². The fourth-order valence-electron chi connectivity index (χ4n) is 7.48. The van der Waals surface area contributed by atoms with Gasteiger partial charge in [-0.3, -0.25) is 0 Å². The van der Waals surface area contributed by atoms with Gasteiger partial charge < -0.3 is 18.9 Å². The number of hydrogen-bond acceptors (Lipinski definition) is 5. The van der Waals surface area contributed by atoms with Gasteiger partial charge in [-0.1, -0.05) is 6.92 Å². The van der Waals surface area contributed by atoms with Crippen LogP contribution in [0.4, 0.5) is 0 Å². The van der Waals surface area contributed by atoms with Crippen molar-refractivity contribution in [2.45, 2.75) is 69.9 Å². The maximum absolute atomic E-state index is 9.19. The number of hydrogen-bond donors (Lipinski definition) is 0. The van der Waals surface area contributed by atoms with Crippen LogP contribution in [0.5, 0.6) is 0 Å². The molecule has 3 aliphatic carbocycles. The van der Waals surface area contributed by atoms with Crippen molar-refractivity contribution in [1.82, 2.24) is 0 Å². The molecular weight excluding hydrogens is 330 g/mol. The third-order valence-corrected chi connectivity index (χ3v) is 8.54. The molecule has 26 heavy (non-hydrogen) atoms. The summed E-state index contributed by atoms with van der Waals surface area (Å²) < 4.78 is 24.8. The summed E-state index contributed by atoms with van der Waals surface area (Å²) in [6.07, 6.45) is 8.22. The van der Waals surface area contributed by atoms with Crippen molar-refractivity contribution in [2.24, 2.45) is 29.1 Å². The summed E-state index contributed by atoms with van der Waals surface area (Å²) in [5.41, 5.74) is 0.131. The van der Waals surface area contributed by atoms with E-state index in [2.05, 4.69) is 13.0 Å². The van der Waals surface area contributed by atoms with Crippen LogP contribution in [0.2, 0.25) is 0 Å². The van der Waals surface area contributed by atoms with E-state index < -0.39 is 5.79 Å². The summed E-state index contributed by atoms with van der Waals surface area (Å²) in [6, 6.07) is 2.36. The second kappa shape index (κ2) is 6.17. The van der Waals surface area contributed by atoms with Gasteiger partial charge in [-0.05, 0) is 49.9 Å². The Morgan fingerprint density at radius 1 is 0.885 bits per heavy atom. The van der Waals surface area contributed by atoms with Crippen LogP contribution in [-0.4, -0.2) is 38.0 Å². The zero-order chi connectivity index (χ0) is 17.8. The maximum atomic E-state index is 9.19. The summed E-state index contributed by atoms with van der Waals surface area (Å²) in [4.78, 5) is 0. The molecule has 5 atom stereocenters. The zero-order valence-electron chi connectivity index (χ0n) is 15.9. The first-order valence-electron chi connectivity index (χ1n) is 10.6. The van der Waals surface area contributed by atoms with E-state index in [1.165, 1.54) is 19.3 Å². The molecule has 0 amide bonds. The highest BCUT2D eigenvalue weighted by molar-refractivity contribution is 5.11. The first-order valence-corrected chi connectivity index (χ1v) is 10.6. The van der Waals surface area contributed by atoms with Gasteiger partial charge in [0.05, 0.1) is 32.5 Å². The molecular formula is C21H31NO4. The Balaban J connectivity index is 1.44. The van der Waals surface area contributed by atoms with E-state index in [1.807, 2.05) is 0 Å². The molecule has 2 spiro atoms. The summed E-state index contributed by atoms with van der Waals surface area (Å²) >= 11 is 0. The molecule has 5 aliphatic rings. The highest BCUT2D eigenvalue weighted by Crippen LogP contribution is 2.67. The molecule has 5 nitrogen and oxygen atoms in total. The number of fused-ring (bicyclic) bond motifs is 4. The van der Waals surface area contributed by atoms with Crippen molar-refractivity contribution >= 4 is 0 Å². The van der Waals surface area contributed by atoms with Crippen LogP contribution >= 0.6 is 0 Å². The predicted octanol–water partition coefficient (Wildman–Crippen LogP) is 3.63. The molecule has 144 valence electrons. The predicted molar refractivity (Wildman–Crippen MR) is 93.9 cm³/mol. The van der Waals surface area contributed by atoms with Crippen molar-refractivity contribution in [3.63, 3.8) is 0 Å². The molecule has 3 saturated carbocycles. The van der Waals surface area contributed by atoms with Crippen LogP contribution in [0.15, 0.2) is 0 Å². The summed E-state index contributed by atoms with van der Waals surface area (Å²) in [5, 5.41) is 9.19. The third-order valence-electron chi connectivity index (χ3n) is 8.54. The Labute approximate surface area is 156 Å². The first kappa shape index (κ1) is 17.4. The molecule has 0 aromatic rings. The topological polar surface area (TPSA) is 60.7 Å². The smallest absolute Gasteiger partial charge is 0.174 e. The van der Waals surface area contributed by atoms with Gasteiger partial charge >= 0.3 is 0 Å². The number of nitrogens with zero attached hydrogens (tertiary/aromatic N) is 1. The summed E-state index contributed by atoms with van der Waals surface area (Å²) in [5.74, 6) is 1.55. The van der Waals surface area contributed by atoms with E-state index in [0.29, 0.717) is 43.3 Å². The third kappa shape index (κ3) is 2.22. The lowest BCUT2D eigenvalue weighted by atomic mass is 9.52. The minimum Gasteiger partial charge on any atom is -0.347 e. The molecule has 5 heteroatoms. The van der Waals surface area contributed by atoms with Crippen LogP contribution in [-0.2, 0) is 18.9 Å². The lowest BCUT2D eigenvalue weighted by Crippen LogP contribution is -2.57. The maximum Gasteiger partial charge on any atom is 0.174 e. The van der Waals surface area contributed by atoms with E-state index >= 15 is 0 Å². The highest BCUT2D eigenvalue weighted by Gasteiger charge is 2.67. The quantitative estimate of drug-likeness (QED) is 0.752. The van der Waals surface area contributed by atoms with Crippen molar-refractivity contribution in [3.05, 3.63) is 0 Å². The van der Waals surface area contributed by atoms with Crippen LogP contribution in [0.25, 0.3) is 0 Å². The SMILES string of the molecule is C[C@]12CCC3C(CCC4(OCCO4)C3CCC#N)[C@@H]1CCC21OCCO1. The molecule has 0 aromatic carbocycles. The molecule has 3 unspecified atom stereocenters. The van der Waals surface area contributed by atoms with E-state index in [-0.39, 0.29) is 11.2 Å². The average molecular weight is 361 g/mol. The monoisotopic (exact) mass is 361 g/mol. The van der Waals surface area contributed by atoms with Gasteiger partial charge in [0.1, 0.15) is 0 Å². The number of rotatable bonds is 2. The van der Waals surface area contributed by atoms with E-state index in [9.17, 15) is 5.26 Å². The molecule has 2 heterocycles. The summed E-state index contributed by atoms with van der Waals surface area (Å²) in [7, 11) is 0. The fourth-order valence-corrected chi connectivity index (χ4v) is 7.48. The minimum atomic E-state index is -0.414. The van der Waals surface area contributed by atoms with E-state index in [0.717, 1.165) is 38.9 Å². The Kier molecular flexibility index (Phi) is 4.14. The number of ether oxygens (including phenoxy) is 4. The van der Waals surface area contributed by atoms with E-state index in [4.69, 9.17) is 18.9 Å². The van der Waals surface area contributed by atoms with Gasteiger partial charge in [-0.2, -0.15) is 5.26 Å². The van der Waals surface area contributed by atoms with Gasteiger partial charge in [0, 0.05) is 30.6 Å². The van der Waals surface area contributed by atoms with Gasteiger partial charge in [-0.25, -0.2) is 0 Å². The highest BCUT2D eigenvalue weighted by atomic mass is 16.7. The number of nitriles is 1. The van der Waals surface area contributed by atoms with Gasteiger partial charge in [0.2, 0.25) is 0 Å². The second-order valence-corrected chi connectivity index (χ2v) is 9.23. The van der Waals surface area contributed by atoms with Crippen LogP contribution in [0, 0.1) is 40.4 Å². The van der Waals surface area contributed by atoms with Crippen LogP contribution in [0.3, 0.4) is 0 Å². The fraction of sp³-hybridized carbons (Fsp3) is 0.952. The summed E-state index contributed by atoms with van der Waals surface area (Å²) in [6.45, 7) is 5.31. The van der Waals surface area contributed by atoms with Crippen molar-refractivity contribution in [2.75, 3.05) is 26.4 Å². The second-order valence-electron chi connectivity index (χ2n) is 9.23. The zero-order valence-corrected chi connectivity index (χ0v) is 15.9. The van der Waals surface area contributed by atoms with Crippen molar-refractivity contribution in [3.8, 4) is 6.07 Å². The lowest BCUT2D eigenvalue weighted by Gasteiger charge is -2.57. The molecule has 0 N–H and O–H groups in total. The normalized spacial score (nSPS) is 45.5. The Bertz CT molecular complexity index is 589. The van der Waals surface area contributed by atoms with Crippen LogP contribution < -0.4 is 0 Å². The molecule has 2 saturated heterocycles. The standard InChI is InChI=1S/C21H31NO4/c1-19-7-4-16-15(17(19)6-9-21(19)25-13-14-26-21)5-8-20(23-11-12-24-20)18(16)3-2-10-22/h15-18H,2-9,11-14H2,1H3/t15?,16?,17-,18?,19-/m0/s1. The Hall–Kier alpha value is -0.670. The average Bonchev–Trinajstić information content (AvgIpc) is 3.37.